The van der Waals surface area contributed by atoms with Gasteiger partial charge in [-0.25, -0.2) is 0 Å². The number of rotatable bonds is 4. The largest absolute Gasteiger partial charge is 0.306 e. The lowest BCUT2D eigenvalue weighted by Gasteiger charge is -2.21. The van der Waals surface area contributed by atoms with Crippen LogP contribution < -0.4 is 5.32 Å². The van der Waals surface area contributed by atoms with Gasteiger partial charge in [-0.05, 0) is 29.1 Å². The fourth-order valence-corrected chi connectivity index (χ4v) is 3.18. The molecule has 0 spiro atoms. The van der Waals surface area contributed by atoms with E-state index in [1.165, 1.54) is 21.9 Å². The fourth-order valence-electron chi connectivity index (χ4n) is 2.67. The number of halogens is 1. The molecule has 0 bridgehead atoms. The van der Waals surface area contributed by atoms with Crippen molar-refractivity contribution in [2.24, 2.45) is 0 Å². The second-order valence-corrected chi connectivity index (χ2v) is 5.82. The maximum Gasteiger partial charge on any atom is 0.0609 e. The van der Waals surface area contributed by atoms with Crippen molar-refractivity contribution in [2.75, 3.05) is 6.54 Å². The number of fused-ring (bicyclic) bond motifs is 1. The second kappa shape index (κ2) is 6.37. The van der Waals surface area contributed by atoms with Crippen LogP contribution in [-0.2, 0) is 0 Å². The number of pyridine rings is 1. The average molecular weight is 341 g/mol. The van der Waals surface area contributed by atoms with Crippen LogP contribution in [0.15, 0.2) is 65.4 Å². The minimum Gasteiger partial charge on any atom is -0.306 e. The smallest absolute Gasteiger partial charge is 0.0609 e. The van der Waals surface area contributed by atoms with Crippen LogP contribution in [0.3, 0.4) is 0 Å². The van der Waals surface area contributed by atoms with Gasteiger partial charge in [0.15, 0.2) is 0 Å². The van der Waals surface area contributed by atoms with Crippen LogP contribution in [-0.4, -0.2) is 11.5 Å². The number of hydrogen-bond donors (Lipinski definition) is 1. The van der Waals surface area contributed by atoms with Crippen molar-refractivity contribution in [1.82, 2.24) is 10.3 Å². The van der Waals surface area contributed by atoms with Crippen LogP contribution in [0, 0.1) is 0 Å². The maximum atomic E-state index is 4.42. The van der Waals surface area contributed by atoms with E-state index in [2.05, 4.69) is 75.6 Å². The molecular weight excluding hydrogens is 324 g/mol. The first kappa shape index (κ1) is 14.2. The first-order valence-corrected chi connectivity index (χ1v) is 7.91. The van der Waals surface area contributed by atoms with Crippen LogP contribution in [0.5, 0.6) is 0 Å². The third kappa shape index (κ3) is 2.85. The Kier molecular flexibility index (Phi) is 4.32. The Morgan fingerprint density at radius 3 is 2.57 bits per heavy atom. The first-order valence-electron chi connectivity index (χ1n) is 7.11. The summed E-state index contributed by atoms with van der Waals surface area (Å²) in [5.74, 6) is 0. The van der Waals surface area contributed by atoms with E-state index >= 15 is 0 Å². The molecule has 21 heavy (non-hydrogen) atoms. The van der Waals surface area contributed by atoms with E-state index < -0.39 is 0 Å². The minimum atomic E-state index is 0.129. The molecule has 0 radical (unpaired) electrons. The monoisotopic (exact) mass is 340 g/mol. The molecule has 0 aliphatic carbocycles. The van der Waals surface area contributed by atoms with E-state index in [1.807, 2.05) is 18.5 Å². The highest BCUT2D eigenvalue weighted by Crippen LogP contribution is 2.32. The highest BCUT2D eigenvalue weighted by Gasteiger charge is 2.18. The first-order chi connectivity index (χ1) is 10.3. The summed E-state index contributed by atoms with van der Waals surface area (Å²) in [4.78, 5) is 4.42. The van der Waals surface area contributed by atoms with E-state index in [4.69, 9.17) is 0 Å². The summed E-state index contributed by atoms with van der Waals surface area (Å²) in [6, 6.07) is 16.9. The van der Waals surface area contributed by atoms with Gasteiger partial charge in [-0.2, -0.15) is 0 Å². The van der Waals surface area contributed by atoms with Crippen molar-refractivity contribution < 1.29 is 0 Å². The molecule has 1 aromatic heterocycles. The van der Waals surface area contributed by atoms with Crippen molar-refractivity contribution in [3.05, 3.63) is 76.5 Å². The van der Waals surface area contributed by atoms with Crippen LogP contribution in [0.25, 0.3) is 10.8 Å². The van der Waals surface area contributed by atoms with Gasteiger partial charge in [0.2, 0.25) is 0 Å². The van der Waals surface area contributed by atoms with E-state index in [0.717, 1.165) is 11.0 Å². The summed E-state index contributed by atoms with van der Waals surface area (Å²) >= 11 is 3.67. The minimum absolute atomic E-state index is 0.129. The summed E-state index contributed by atoms with van der Waals surface area (Å²) in [6.07, 6.45) is 3.89. The maximum absolute atomic E-state index is 4.42. The van der Waals surface area contributed by atoms with Crippen LogP contribution in [0.2, 0.25) is 0 Å². The number of nitrogens with one attached hydrogen (secondary N) is 1. The molecule has 0 aliphatic heterocycles. The van der Waals surface area contributed by atoms with Crippen LogP contribution in [0.4, 0.5) is 0 Å². The highest BCUT2D eigenvalue weighted by atomic mass is 79.9. The summed E-state index contributed by atoms with van der Waals surface area (Å²) in [5, 5.41) is 5.99. The molecule has 3 heteroatoms. The predicted molar refractivity (Wildman–Crippen MR) is 91.4 cm³/mol. The Bertz CT molecular complexity index is 750. The number of nitrogens with zero attached hydrogens (tertiary/aromatic N) is 1. The third-order valence-electron chi connectivity index (χ3n) is 3.63. The summed E-state index contributed by atoms with van der Waals surface area (Å²) in [5.41, 5.74) is 2.44. The molecule has 0 saturated heterocycles. The van der Waals surface area contributed by atoms with E-state index in [1.54, 1.807) is 0 Å². The molecule has 0 amide bonds. The van der Waals surface area contributed by atoms with Gasteiger partial charge in [0.05, 0.1) is 6.04 Å². The molecule has 3 aromatic rings. The molecule has 2 nitrogen and oxygen atoms in total. The molecule has 1 unspecified atom stereocenters. The quantitative estimate of drug-likeness (QED) is 0.744. The van der Waals surface area contributed by atoms with Gasteiger partial charge in [-0.3, -0.25) is 4.98 Å². The molecule has 0 aliphatic rings. The molecule has 106 valence electrons. The van der Waals surface area contributed by atoms with Gasteiger partial charge in [-0.15, -0.1) is 0 Å². The van der Waals surface area contributed by atoms with Gasteiger partial charge in [0.1, 0.15) is 0 Å². The third-order valence-corrected chi connectivity index (χ3v) is 4.36. The predicted octanol–water partition coefficient (Wildman–Crippen LogP) is 4.70. The van der Waals surface area contributed by atoms with Crippen molar-refractivity contribution in [1.29, 1.82) is 0 Å². The zero-order chi connectivity index (χ0) is 14.7. The fraction of sp³-hybridized carbons (Fsp3) is 0.167. The molecule has 3 rings (SSSR count). The SMILES string of the molecule is CCNC(c1ccccc1Br)c1cncc2ccccc12. The number of benzene rings is 2. The van der Waals surface area contributed by atoms with Crippen molar-refractivity contribution in [3.8, 4) is 0 Å². The molecule has 0 saturated carbocycles. The Labute approximate surface area is 133 Å². The second-order valence-electron chi connectivity index (χ2n) is 4.96. The molecule has 2 aromatic carbocycles. The molecule has 1 heterocycles. The number of aromatic nitrogens is 1. The Balaban J connectivity index is 2.19. The zero-order valence-electron chi connectivity index (χ0n) is 11.9. The van der Waals surface area contributed by atoms with Gasteiger partial charge in [0.25, 0.3) is 0 Å². The van der Waals surface area contributed by atoms with Gasteiger partial charge in [0, 0.05) is 22.3 Å². The highest BCUT2D eigenvalue weighted by molar-refractivity contribution is 9.10. The standard InChI is InChI=1S/C18H17BrN2/c1-2-21-18(15-9-5-6-10-17(15)19)16-12-20-11-13-7-3-4-8-14(13)16/h3-12,18,21H,2H2,1H3. The molecule has 1 N–H and O–H groups in total. The van der Waals surface area contributed by atoms with Crippen molar-refractivity contribution in [2.45, 2.75) is 13.0 Å². The Morgan fingerprint density at radius 1 is 1.00 bits per heavy atom. The lowest BCUT2D eigenvalue weighted by atomic mass is 9.95. The van der Waals surface area contributed by atoms with Crippen molar-refractivity contribution >= 4 is 26.7 Å². The average Bonchev–Trinajstić information content (AvgIpc) is 2.53. The molecule has 1 atom stereocenters. The molecule has 0 fully saturated rings. The van der Waals surface area contributed by atoms with Crippen LogP contribution >= 0.6 is 15.9 Å². The van der Waals surface area contributed by atoms with Gasteiger partial charge < -0.3 is 5.32 Å². The van der Waals surface area contributed by atoms with E-state index in [0.29, 0.717) is 0 Å². The Morgan fingerprint density at radius 2 is 1.76 bits per heavy atom. The van der Waals surface area contributed by atoms with E-state index in [-0.39, 0.29) is 6.04 Å². The lowest BCUT2D eigenvalue weighted by molar-refractivity contribution is 0.630. The van der Waals surface area contributed by atoms with Crippen LogP contribution in [0.1, 0.15) is 24.1 Å². The lowest BCUT2D eigenvalue weighted by Crippen LogP contribution is -2.22. The van der Waals surface area contributed by atoms with E-state index in [9.17, 15) is 0 Å². The summed E-state index contributed by atoms with van der Waals surface area (Å²) in [6.45, 7) is 3.03. The number of hydrogen-bond acceptors (Lipinski definition) is 2. The summed E-state index contributed by atoms with van der Waals surface area (Å²) in [7, 11) is 0. The van der Waals surface area contributed by atoms with Crippen molar-refractivity contribution in [3.63, 3.8) is 0 Å². The van der Waals surface area contributed by atoms with Gasteiger partial charge >= 0.3 is 0 Å². The topological polar surface area (TPSA) is 24.9 Å². The van der Waals surface area contributed by atoms with Gasteiger partial charge in [-0.1, -0.05) is 65.3 Å². The summed E-state index contributed by atoms with van der Waals surface area (Å²) < 4.78 is 1.11. The normalized spacial score (nSPS) is 12.5. The Hall–Kier alpha value is -1.71. The molecular formula is C18H17BrN2. The zero-order valence-corrected chi connectivity index (χ0v) is 13.5.